The van der Waals surface area contributed by atoms with E-state index in [9.17, 15) is 18.3 Å². The fourth-order valence-corrected chi connectivity index (χ4v) is 2.11. The fraction of sp³-hybridized carbons (Fsp3) is 0.333. The van der Waals surface area contributed by atoms with Gasteiger partial charge in [-0.25, -0.2) is 0 Å². The van der Waals surface area contributed by atoms with Crippen molar-refractivity contribution >= 4 is 0 Å². The third kappa shape index (κ3) is 3.39. The second-order valence-corrected chi connectivity index (χ2v) is 4.77. The first-order chi connectivity index (χ1) is 9.82. The summed E-state index contributed by atoms with van der Waals surface area (Å²) in [4.78, 5) is 0. The Morgan fingerprint density at radius 2 is 1.90 bits per heavy atom. The Balaban J connectivity index is 2.45. The minimum absolute atomic E-state index is 0.187. The van der Waals surface area contributed by atoms with Gasteiger partial charge in [0.25, 0.3) is 0 Å². The third-order valence-corrected chi connectivity index (χ3v) is 3.19. The maximum absolute atomic E-state index is 12.7. The molecule has 1 atom stereocenters. The van der Waals surface area contributed by atoms with Crippen molar-refractivity contribution in [1.29, 1.82) is 0 Å². The first-order valence-corrected chi connectivity index (χ1v) is 6.51. The van der Waals surface area contributed by atoms with Crippen LogP contribution in [0.2, 0.25) is 0 Å². The summed E-state index contributed by atoms with van der Waals surface area (Å²) in [6.07, 6.45) is -5.05. The molecule has 1 heterocycles. The van der Waals surface area contributed by atoms with E-state index < -0.39 is 17.8 Å². The molecule has 0 aliphatic rings. The highest BCUT2D eigenvalue weighted by molar-refractivity contribution is 5.35. The minimum Gasteiger partial charge on any atom is -0.384 e. The largest absolute Gasteiger partial charge is 0.416 e. The maximum Gasteiger partial charge on any atom is 0.416 e. The Labute approximate surface area is 120 Å². The average Bonchev–Trinajstić information content (AvgIpc) is 2.45. The van der Waals surface area contributed by atoms with Crippen LogP contribution in [0.3, 0.4) is 0 Å². The van der Waals surface area contributed by atoms with Crippen molar-refractivity contribution in [2.24, 2.45) is 0 Å². The summed E-state index contributed by atoms with van der Waals surface area (Å²) in [5.74, 6) is 0. The van der Waals surface area contributed by atoms with Gasteiger partial charge >= 0.3 is 6.18 Å². The van der Waals surface area contributed by atoms with E-state index in [1.165, 1.54) is 12.1 Å². The number of benzene rings is 1. The lowest BCUT2D eigenvalue weighted by Gasteiger charge is -2.16. The molecule has 6 heteroatoms. The van der Waals surface area contributed by atoms with Crippen LogP contribution in [0.4, 0.5) is 13.2 Å². The van der Waals surface area contributed by atoms with Crippen molar-refractivity contribution in [2.45, 2.75) is 32.5 Å². The van der Waals surface area contributed by atoms with Crippen molar-refractivity contribution in [3.05, 3.63) is 58.4 Å². The van der Waals surface area contributed by atoms with Gasteiger partial charge in [0, 0.05) is 5.56 Å². The quantitative estimate of drug-likeness (QED) is 0.943. The Morgan fingerprint density at radius 3 is 2.52 bits per heavy atom. The number of aliphatic hydroxyl groups excluding tert-OH is 1. The van der Waals surface area contributed by atoms with Gasteiger partial charge in [-0.3, -0.25) is 0 Å². The number of aromatic nitrogens is 2. The first-order valence-electron chi connectivity index (χ1n) is 6.51. The molecular formula is C15H15F3N2O. The summed E-state index contributed by atoms with van der Waals surface area (Å²) in [5, 5.41) is 18.3. The van der Waals surface area contributed by atoms with E-state index in [1.54, 1.807) is 13.0 Å². The Morgan fingerprint density at radius 1 is 1.19 bits per heavy atom. The van der Waals surface area contributed by atoms with E-state index in [-0.39, 0.29) is 5.56 Å². The Hall–Kier alpha value is -1.95. The van der Waals surface area contributed by atoms with Gasteiger partial charge in [-0.1, -0.05) is 19.1 Å². The van der Waals surface area contributed by atoms with Crippen LogP contribution >= 0.6 is 0 Å². The van der Waals surface area contributed by atoms with Crippen LogP contribution in [-0.2, 0) is 12.6 Å². The lowest BCUT2D eigenvalue weighted by molar-refractivity contribution is -0.137. The minimum atomic E-state index is -4.43. The Kier molecular flexibility index (Phi) is 4.27. The molecule has 0 amide bonds. The van der Waals surface area contributed by atoms with Gasteiger partial charge < -0.3 is 5.11 Å². The van der Waals surface area contributed by atoms with Crippen molar-refractivity contribution in [3.63, 3.8) is 0 Å². The highest BCUT2D eigenvalue weighted by atomic mass is 19.4. The number of aryl methyl sites for hydroxylation is 2. The van der Waals surface area contributed by atoms with Crippen LogP contribution in [0.1, 0.15) is 41.1 Å². The summed E-state index contributed by atoms with van der Waals surface area (Å²) in [5.41, 5.74) is 1.07. The summed E-state index contributed by atoms with van der Waals surface area (Å²) in [6.45, 7) is 3.57. The summed E-state index contributed by atoms with van der Waals surface area (Å²) < 4.78 is 38.2. The van der Waals surface area contributed by atoms with E-state index in [2.05, 4.69) is 10.2 Å². The van der Waals surface area contributed by atoms with Crippen molar-refractivity contribution < 1.29 is 18.3 Å². The molecule has 3 nitrogen and oxygen atoms in total. The predicted molar refractivity (Wildman–Crippen MR) is 71.7 cm³/mol. The van der Waals surface area contributed by atoms with Gasteiger partial charge in [0.05, 0.1) is 17.0 Å². The zero-order valence-electron chi connectivity index (χ0n) is 11.6. The molecule has 0 bridgehead atoms. The average molecular weight is 296 g/mol. The third-order valence-electron chi connectivity index (χ3n) is 3.19. The van der Waals surface area contributed by atoms with E-state index in [4.69, 9.17) is 0 Å². The number of rotatable bonds is 3. The summed E-state index contributed by atoms with van der Waals surface area (Å²) in [7, 11) is 0. The van der Waals surface area contributed by atoms with E-state index in [1.807, 2.05) is 6.92 Å². The maximum atomic E-state index is 12.7. The van der Waals surface area contributed by atoms with Gasteiger partial charge in [-0.15, -0.1) is 0 Å². The SMILES string of the molecule is CCc1nnc(C)cc1C(O)c1cccc(C(F)(F)F)c1. The standard InChI is InChI=1S/C15H15F3N2O/c1-3-13-12(7-9(2)19-20-13)14(21)10-5-4-6-11(8-10)15(16,17)18/h4-8,14,21H,3H2,1-2H3. The normalized spacial score (nSPS) is 13.2. The Bertz CT molecular complexity index is 641. The molecule has 1 unspecified atom stereocenters. The molecule has 1 aromatic carbocycles. The smallest absolute Gasteiger partial charge is 0.384 e. The number of halogens is 3. The molecule has 1 N–H and O–H groups in total. The molecule has 21 heavy (non-hydrogen) atoms. The monoisotopic (exact) mass is 296 g/mol. The van der Waals surface area contributed by atoms with Crippen LogP contribution in [0.15, 0.2) is 30.3 Å². The number of nitrogens with zero attached hydrogens (tertiary/aromatic N) is 2. The molecule has 0 aliphatic heterocycles. The number of hydrogen-bond donors (Lipinski definition) is 1. The zero-order chi connectivity index (χ0) is 15.6. The van der Waals surface area contributed by atoms with Gasteiger partial charge in [0.2, 0.25) is 0 Å². The van der Waals surface area contributed by atoms with Crippen LogP contribution < -0.4 is 0 Å². The van der Waals surface area contributed by atoms with Gasteiger partial charge in [-0.05, 0) is 37.1 Å². The molecule has 2 rings (SSSR count). The van der Waals surface area contributed by atoms with Crippen LogP contribution in [0.25, 0.3) is 0 Å². The van der Waals surface area contributed by atoms with E-state index >= 15 is 0 Å². The number of alkyl halides is 3. The fourth-order valence-electron chi connectivity index (χ4n) is 2.11. The lowest BCUT2D eigenvalue weighted by atomic mass is 9.97. The highest BCUT2D eigenvalue weighted by Gasteiger charge is 2.31. The van der Waals surface area contributed by atoms with Crippen molar-refractivity contribution in [1.82, 2.24) is 10.2 Å². The number of hydrogen-bond acceptors (Lipinski definition) is 3. The first kappa shape index (κ1) is 15.4. The molecule has 0 aliphatic carbocycles. The topological polar surface area (TPSA) is 46.0 Å². The van der Waals surface area contributed by atoms with E-state index in [0.29, 0.717) is 23.4 Å². The summed E-state index contributed by atoms with van der Waals surface area (Å²) >= 11 is 0. The zero-order valence-corrected chi connectivity index (χ0v) is 11.6. The second-order valence-electron chi connectivity index (χ2n) is 4.77. The summed E-state index contributed by atoms with van der Waals surface area (Å²) in [6, 6.07) is 6.34. The van der Waals surface area contributed by atoms with Gasteiger partial charge in [0.1, 0.15) is 6.10 Å². The molecule has 0 radical (unpaired) electrons. The van der Waals surface area contributed by atoms with E-state index in [0.717, 1.165) is 12.1 Å². The highest BCUT2D eigenvalue weighted by Crippen LogP contribution is 2.32. The molecule has 112 valence electrons. The molecular weight excluding hydrogens is 281 g/mol. The van der Waals surface area contributed by atoms with Crippen LogP contribution in [0.5, 0.6) is 0 Å². The molecule has 0 saturated heterocycles. The molecule has 0 saturated carbocycles. The second kappa shape index (κ2) is 5.81. The predicted octanol–water partition coefficient (Wildman–Crippen LogP) is 3.45. The van der Waals surface area contributed by atoms with Crippen LogP contribution in [0, 0.1) is 6.92 Å². The molecule has 2 aromatic rings. The number of aliphatic hydroxyl groups is 1. The molecule has 1 aromatic heterocycles. The van der Waals surface area contributed by atoms with Crippen LogP contribution in [-0.4, -0.2) is 15.3 Å². The lowest BCUT2D eigenvalue weighted by Crippen LogP contribution is -2.10. The van der Waals surface area contributed by atoms with Crippen molar-refractivity contribution in [3.8, 4) is 0 Å². The molecule has 0 spiro atoms. The van der Waals surface area contributed by atoms with Gasteiger partial charge in [0.15, 0.2) is 0 Å². The molecule has 0 fully saturated rings. The van der Waals surface area contributed by atoms with Gasteiger partial charge in [-0.2, -0.15) is 23.4 Å². The van der Waals surface area contributed by atoms with Crippen molar-refractivity contribution in [2.75, 3.05) is 0 Å².